The first-order valence-corrected chi connectivity index (χ1v) is 13.2. The molecule has 3 aliphatic rings. The highest BCUT2D eigenvalue weighted by molar-refractivity contribution is 6.05. The average Bonchev–Trinajstić information content (AvgIpc) is 2.92. The third kappa shape index (κ3) is 5.03. The molecule has 1 aromatic heterocycles. The van der Waals surface area contributed by atoms with Crippen molar-refractivity contribution in [2.45, 2.75) is 52.1 Å². The van der Waals surface area contributed by atoms with E-state index in [1.807, 2.05) is 39.0 Å². The summed E-state index contributed by atoms with van der Waals surface area (Å²) >= 11 is 0. The predicted molar refractivity (Wildman–Crippen MR) is 142 cm³/mol. The number of hydrogen-bond acceptors (Lipinski definition) is 9. The molecule has 2 aromatic rings. The minimum Gasteiger partial charge on any atom is -0.462 e. The number of carbonyl (C=O) groups is 1. The summed E-state index contributed by atoms with van der Waals surface area (Å²) in [4.78, 5) is 33.0. The lowest BCUT2D eigenvalue weighted by atomic mass is 9.75. The average molecular weight is 503 g/mol. The Hall–Kier alpha value is -3.51. The molecule has 0 amide bonds. The van der Waals surface area contributed by atoms with E-state index in [0.717, 1.165) is 42.9 Å². The summed E-state index contributed by atoms with van der Waals surface area (Å²) in [7, 11) is 0. The van der Waals surface area contributed by atoms with Gasteiger partial charge in [0.2, 0.25) is 5.95 Å². The highest BCUT2D eigenvalue weighted by Gasteiger charge is 2.43. The first-order chi connectivity index (χ1) is 18.0. The van der Waals surface area contributed by atoms with Gasteiger partial charge in [-0.2, -0.15) is 15.2 Å². The van der Waals surface area contributed by atoms with Crippen molar-refractivity contribution in [3.05, 3.63) is 41.0 Å². The van der Waals surface area contributed by atoms with Crippen molar-refractivity contribution in [1.29, 1.82) is 5.26 Å². The number of aromatic nitrogens is 2. The van der Waals surface area contributed by atoms with Crippen LogP contribution in [0.3, 0.4) is 0 Å². The summed E-state index contributed by atoms with van der Waals surface area (Å²) in [5.74, 6) is 0.510. The van der Waals surface area contributed by atoms with Crippen molar-refractivity contribution in [3.63, 3.8) is 0 Å². The number of aliphatic imine (C=N–C) groups is 1. The van der Waals surface area contributed by atoms with Gasteiger partial charge in [0.25, 0.3) is 0 Å². The summed E-state index contributed by atoms with van der Waals surface area (Å²) in [5.41, 5.74) is 2.73. The van der Waals surface area contributed by atoms with Crippen LogP contribution >= 0.6 is 0 Å². The van der Waals surface area contributed by atoms with Gasteiger partial charge in [-0.1, -0.05) is 18.2 Å². The molecule has 2 saturated heterocycles. The lowest BCUT2D eigenvalue weighted by Crippen LogP contribution is -2.40. The molecule has 2 atom stereocenters. The van der Waals surface area contributed by atoms with Crippen LogP contribution in [0.5, 0.6) is 0 Å². The van der Waals surface area contributed by atoms with Gasteiger partial charge in [-0.05, 0) is 51.7 Å². The van der Waals surface area contributed by atoms with E-state index in [1.54, 1.807) is 6.07 Å². The number of nitrogens with zero attached hydrogens (tertiary/aromatic N) is 6. The van der Waals surface area contributed by atoms with Crippen molar-refractivity contribution in [1.82, 2.24) is 9.97 Å². The zero-order valence-corrected chi connectivity index (χ0v) is 21.8. The number of carbonyl (C=O) groups excluding carboxylic acids is 1. The van der Waals surface area contributed by atoms with Crippen molar-refractivity contribution < 1.29 is 14.3 Å². The number of esters is 1. The molecule has 194 valence electrons. The Kier molecular flexibility index (Phi) is 7.38. The lowest BCUT2D eigenvalue weighted by molar-refractivity contribution is -0.150. The predicted octanol–water partition coefficient (Wildman–Crippen LogP) is 3.98. The Balaban J connectivity index is 1.74. The zero-order valence-electron chi connectivity index (χ0n) is 21.8. The van der Waals surface area contributed by atoms with E-state index < -0.39 is 11.8 Å². The van der Waals surface area contributed by atoms with Crippen molar-refractivity contribution in [2.75, 3.05) is 49.2 Å². The number of morpholine rings is 1. The fraction of sp³-hybridized carbons (Fsp3) is 0.536. The Morgan fingerprint density at radius 3 is 2.51 bits per heavy atom. The van der Waals surface area contributed by atoms with E-state index in [9.17, 15) is 10.1 Å². The number of nitriles is 1. The van der Waals surface area contributed by atoms with Crippen LogP contribution in [-0.2, 0) is 14.3 Å². The van der Waals surface area contributed by atoms with Crippen LogP contribution in [0.4, 0.5) is 17.6 Å². The molecule has 0 radical (unpaired) electrons. The Bertz CT molecular complexity index is 1220. The van der Waals surface area contributed by atoms with Gasteiger partial charge in [-0.3, -0.25) is 4.79 Å². The Labute approximate surface area is 218 Å². The quantitative estimate of drug-likeness (QED) is 0.566. The molecule has 5 rings (SSSR count). The molecule has 9 heteroatoms. The van der Waals surface area contributed by atoms with Crippen LogP contribution < -0.4 is 9.80 Å². The van der Waals surface area contributed by atoms with Gasteiger partial charge >= 0.3 is 5.97 Å². The fourth-order valence-electron chi connectivity index (χ4n) is 5.51. The molecular formula is C28H34N6O3. The molecule has 0 saturated carbocycles. The molecule has 0 N–H and O–H groups in total. The number of piperidine rings is 1. The fourth-order valence-corrected chi connectivity index (χ4v) is 5.51. The second-order valence-electron chi connectivity index (χ2n) is 10.1. The van der Waals surface area contributed by atoms with Crippen molar-refractivity contribution >= 4 is 29.3 Å². The van der Waals surface area contributed by atoms with E-state index in [1.165, 1.54) is 6.42 Å². The molecule has 2 fully saturated rings. The number of rotatable bonds is 5. The van der Waals surface area contributed by atoms with Crippen molar-refractivity contribution in [2.24, 2.45) is 10.9 Å². The molecule has 3 aliphatic heterocycles. The summed E-state index contributed by atoms with van der Waals surface area (Å²) in [6, 6.07) is 9.81. The van der Waals surface area contributed by atoms with Crippen LogP contribution in [0.15, 0.2) is 29.3 Å². The monoisotopic (exact) mass is 502 g/mol. The Morgan fingerprint density at radius 2 is 1.81 bits per heavy atom. The van der Waals surface area contributed by atoms with E-state index in [0.29, 0.717) is 49.3 Å². The molecule has 0 bridgehead atoms. The number of anilines is 2. The van der Waals surface area contributed by atoms with Crippen molar-refractivity contribution in [3.8, 4) is 6.07 Å². The molecule has 37 heavy (non-hydrogen) atoms. The normalized spacial score (nSPS) is 21.8. The van der Waals surface area contributed by atoms with Gasteiger partial charge < -0.3 is 19.3 Å². The summed E-state index contributed by atoms with van der Waals surface area (Å²) in [6.45, 7) is 9.98. The second-order valence-corrected chi connectivity index (χ2v) is 10.1. The highest BCUT2D eigenvalue weighted by Crippen LogP contribution is 2.48. The van der Waals surface area contributed by atoms with E-state index in [4.69, 9.17) is 24.4 Å². The number of benzene rings is 1. The Morgan fingerprint density at radius 1 is 1.08 bits per heavy atom. The minimum absolute atomic E-state index is 0.268. The summed E-state index contributed by atoms with van der Waals surface area (Å²) in [6.07, 6.45) is 3.06. The molecular weight excluding hydrogens is 468 g/mol. The number of fused-ring (bicyclic) bond motifs is 1. The zero-order chi connectivity index (χ0) is 25.9. The van der Waals surface area contributed by atoms with Crippen LogP contribution in [0.1, 0.15) is 62.6 Å². The van der Waals surface area contributed by atoms with Crippen LogP contribution in [0, 0.1) is 17.2 Å². The first-order valence-electron chi connectivity index (χ1n) is 13.2. The summed E-state index contributed by atoms with van der Waals surface area (Å²) in [5, 5.41) is 10.0. The van der Waals surface area contributed by atoms with Gasteiger partial charge in [0.1, 0.15) is 11.7 Å². The maximum Gasteiger partial charge on any atom is 0.315 e. The molecule has 0 spiro atoms. The largest absolute Gasteiger partial charge is 0.462 e. The van der Waals surface area contributed by atoms with Gasteiger partial charge in [-0.25, -0.2) is 4.99 Å². The molecule has 9 nitrogen and oxygen atoms in total. The maximum absolute atomic E-state index is 13.6. The molecule has 4 heterocycles. The van der Waals surface area contributed by atoms with Crippen LogP contribution in [0.2, 0.25) is 0 Å². The van der Waals surface area contributed by atoms with Gasteiger partial charge in [0.05, 0.1) is 31.0 Å². The standard InChI is InChI=1S/C28H34N6O3/c1-18(2)37-27(35)22-19(3)30-25-24(23(22)21-10-6-5-9-20(21)17-29)26(33-11-7-4-8-12-33)32-28(31-25)34-13-15-36-16-14-34/h5-6,9-10,18,22-23H,4,7-8,11-16H2,1-3H3. The minimum atomic E-state index is -0.675. The molecule has 0 aliphatic carbocycles. The van der Waals surface area contributed by atoms with Gasteiger partial charge in [-0.15, -0.1) is 0 Å². The van der Waals surface area contributed by atoms with Crippen LogP contribution in [0.25, 0.3) is 0 Å². The number of ether oxygens (including phenoxy) is 2. The van der Waals surface area contributed by atoms with Gasteiger partial charge in [0, 0.05) is 43.4 Å². The first kappa shape index (κ1) is 25.2. The third-order valence-electron chi connectivity index (χ3n) is 7.24. The SMILES string of the molecule is CC1=Nc2nc(N3CCOCC3)nc(N3CCCCC3)c2C(c2ccccc2C#N)C1C(=O)OC(C)C. The summed E-state index contributed by atoms with van der Waals surface area (Å²) < 4.78 is 11.3. The molecule has 2 unspecified atom stereocenters. The van der Waals surface area contributed by atoms with E-state index in [2.05, 4.69) is 15.9 Å². The molecule has 1 aromatic carbocycles. The highest BCUT2D eigenvalue weighted by atomic mass is 16.5. The van der Waals surface area contributed by atoms with Crippen LogP contribution in [-0.4, -0.2) is 67.1 Å². The topological polar surface area (TPSA) is 104 Å². The van der Waals surface area contributed by atoms with E-state index in [-0.39, 0.29) is 12.1 Å². The lowest BCUT2D eigenvalue weighted by Gasteiger charge is -2.37. The number of hydrogen-bond donors (Lipinski definition) is 0. The van der Waals surface area contributed by atoms with Gasteiger partial charge in [0.15, 0.2) is 5.82 Å². The second kappa shape index (κ2) is 10.9. The maximum atomic E-state index is 13.6. The van der Waals surface area contributed by atoms with E-state index >= 15 is 0 Å². The smallest absolute Gasteiger partial charge is 0.315 e. The third-order valence-corrected chi connectivity index (χ3v) is 7.24.